The fraction of sp³-hybridized carbons (Fsp3) is 0.487. The van der Waals surface area contributed by atoms with Gasteiger partial charge >= 0.3 is 6.01 Å². The molecule has 5 aliphatic rings. The third-order valence-corrected chi connectivity index (χ3v) is 13.4. The Labute approximate surface area is 318 Å². The minimum atomic E-state index is -0.947. The van der Waals surface area contributed by atoms with Crippen molar-refractivity contribution in [2.24, 2.45) is 0 Å². The lowest BCUT2D eigenvalue weighted by Gasteiger charge is -2.42. The number of aromatic nitrogens is 4. The average molecular weight is 772 g/mol. The van der Waals surface area contributed by atoms with Gasteiger partial charge in [-0.15, -0.1) is 11.3 Å². The van der Waals surface area contributed by atoms with Gasteiger partial charge in [0.1, 0.15) is 41.0 Å². The maximum absolute atomic E-state index is 17.7. The third-order valence-electron chi connectivity index (χ3n) is 12.4. The number of hydrogen-bond donors (Lipinski definition) is 2. The Balaban J connectivity index is 1.11. The summed E-state index contributed by atoms with van der Waals surface area (Å²) in [6.45, 7) is 4.14. The number of likely N-dealkylation sites (tertiary alicyclic amines) is 1. The molecule has 0 saturated carbocycles. The predicted molar refractivity (Wildman–Crippen MR) is 200 cm³/mol. The summed E-state index contributed by atoms with van der Waals surface area (Å²) in [5.41, 5.74) is 7.89. The van der Waals surface area contributed by atoms with Crippen LogP contribution in [-0.2, 0) is 31.0 Å². The molecule has 4 fully saturated rings. The van der Waals surface area contributed by atoms with Crippen LogP contribution in [0.25, 0.3) is 32.1 Å². The SMILES string of the molecule is N#Cc1c(N)sc2ccc(F)c(-c3c4c(c5c(N6C7CCC6CN(Cc6cn(CCO)cn6)C7)nc(OC[C@@]67CCCN6CC(F)C7)nc5c3F)COC4)c12. The number of nitrogens with zero attached hydrogens (tertiary/aromatic N) is 8. The number of rotatable bonds is 9. The topological polar surface area (TPSA) is 142 Å². The van der Waals surface area contributed by atoms with Crippen molar-refractivity contribution in [3.05, 3.63) is 58.7 Å². The number of aliphatic hydroxyl groups excluding tert-OH is 1. The van der Waals surface area contributed by atoms with Crippen LogP contribution in [-0.4, -0.2) is 97.6 Å². The quantitative estimate of drug-likeness (QED) is 0.203. The van der Waals surface area contributed by atoms with Crippen LogP contribution in [0, 0.1) is 23.0 Å². The molecule has 0 amide bonds. The zero-order valence-electron chi connectivity index (χ0n) is 30.1. The Morgan fingerprint density at radius 1 is 1.09 bits per heavy atom. The Kier molecular flexibility index (Phi) is 8.45. The van der Waals surface area contributed by atoms with E-state index in [-0.39, 0.29) is 77.1 Å². The van der Waals surface area contributed by atoms with Crippen LogP contribution in [0.5, 0.6) is 6.01 Å². The molecule has 16 heteroatoms. The smallest absolute Gasteiger partial charge is 0.319 e. The summed E-state index contributed by atoms with van der Waals surface area (Å²) < 4.78 is 63.5. The molecule has 3 aromatic heterocycles. The van der Waals surface area contributed by atoms with Gasteiger partial charge in [-0.3, -0.25) is 9.80 Å². The lowest BCUT2D eigenvalue weighted by atomic mass is 9.90. The summed E-state index contributed by atoms with van der Waals surface area (Å²) in [6.07, 6.45) is 6.64. The minimum Gasteiger partial charge on any atom is -0.461 e. The van der Waals surface area contributed by atoms with Crippen molar-refractivity contribution in [1.82, 2.24) is 29.3 Å². The highest BCUT2D eigenvalue weighted by Gasteiger charge is 2.50. The molecule has 8 heterocycles. The number of thiophene rings is 1. The van der Waals surface area contributed by atoms with Gasteiger partial charge in [0.2, 0.25) is 0 Å². The molecular weight excluding hydrogens is 732 g/mol. The van der Waals surface area contributed by atoms with Gasteiger partial charge in [0.05, 0.1) is 48.3 Å². The van der Waals surface area contributed by atoms with Crippen molar-refractivity contribution < 1.29 is 27.8 Å². The van der Waals surface area contributed by atoms with E-state index >= 15 is 8.78 Å². The first kappa shape index (κ1) is 34.9. The minimum absolute atomic E-state index is 0.00180. The van der Waals surface area contributed by atoms with Gasteiger partial charge in [-0.2, -0.15) is 15.2 Å². The second-order valence-electron chi connectivity index (χ2n) is 15.6. The maximum Gasteiger partial charge on any atom is 0.319 e. The average Bonchev–Trinajstić information content (AvgIpc) is 4.02. The van der Waals surface area contributed by atoms with E-state index in [1.807, 2.05) is 10.8 Å². The van der Waals surface area contributed by atoms with E-state index in [0.29, 0.717) is 53.1 Å². The molecule has 3 unspecified atom stereocenters. The zero-order chi connectivity index (χ0) is 37.6. The normalized spacial score (nSPS) is 25.0. The molecule has 55 heavy (non-hydrogen) atoms. The number of piperazine rings is 1. The molecular formula is C39H40F3N9O3S. The summed E-state index contributed by atoms with van der Waals surface area (Å²) in [4.78, 5) is 21.2. The molecule has 5 aromatic rings. The summed E-state index contributed by atoms with van der Waals surface area (Å²) >= 11 is 1.16. The first-order chi connectivity index (χ1) is 26.7. The van der Waals surface area contributed by atoms with Crippen LogP contribution in [0.3, 0.4) is 0 Å². The van der Waals surface area contributed by atoms with Crippen molar-refractivity contribution in [2.45, 2.75) is 82.2 Å². The number of halogens is 3. The number of hydrogen-bond acceptors (Lipinski definition) is 12. The van der Waals surface area contributed by atoms with Crippen molar-refractivity contribution >= 4 is 43.1 Å². The van der Waals surface area contributed by atoms with Crippen molar-refractivity contribution in [3.8, 4) is 23.2 Å². The van der Waals surface area contributed by atoms with Crippen LogP contribution in [0.1, 0.15) is 54.5 Å². The molecule has 4 atom stereocenters. The van der Waals surface area contributed by atoms with Crippen molar-refractivity contribution in [1.29, 1.82) is 5.26 Å². The van der Waals surface area contributed by atoms with Gasteiger partial charge in [0.15, 0.2) is 5.82 Å². The molecule has 0 spiro atoms. The number of aliphatic hydroxyl groups is 1. The van der Waals surface area contributed by atoms with Crippen LogP contribution in [0.15, 0.2) is 24.7 Å². The molecule has 4 saturated heterocycles. The summed E-state index contributed by atoms with van der Waals surface area (Å²) in [6, 6.07) is 5.04. The Morgan fingerprint density at radius 3 is 2.71 bits per heavy atom. The lowest BCUT2D eigenvalue weighted by Crippen LogP contribution is -2.54. The van der Waals surface area contributed by atoms with E-state index in [4.69, 9.17) is 25.2 Å². The second-order valence-corrected chi connectivity index (χ2v) is 16.7. The lowest BCUT2D eigenvalue weighted by molar-refractivity contribution is 0.107. The molecule has 2 bridgehead atoms. The molecule has 2 aromatic carbocycles. The molecule has 5 aliphatic heterocycles. The number of ether oxygens (including phenoxy) is 2. The van der Waals surface area contributed by atoms with Crippen LogP contribution in [0.4, 0.5) is 24.0 Å². The molecule has 3 N–H and O–H groups in total. The largest absolute Gasteiger partial charge is 0.461 e. The van der Waals surface area contributed by atoms with Crippen LogP contribution in [0.2, 0.25) is 0 Å². The molecule has 0 aliphatic carbocycles. The number of nitriles is 1. The third kappa shape index (κ3) is 5.57. The van der Waals surface area contributed by atoms with E-state index in [9.17, 15) is 14.8 Å². The standard InChI is InChI=1S/C39H40F3N9O3S/c40-21-10-39(6-1-7-50(39)12-21)19-54-38-46-35-32(37(47-38)51-23-2-3-24(51)16-49(15-23)14-22-13-48(8-9-52)20-45-22)27-18-53-17-26(27)31(34(35)42)33-28(41)4-5-29-30(33)25(11-43)36(44)55-29/h4-5,13,20-21,23-24,52H,1-3,6-10,12,14-19,44H2/t21?,23?,24?,39-/m0/s1. The van der Waals surface area contributed by atoms with E-state index < -0.39 is 23.3 Å². The first-order valence-corrected chi connectivity index (χ1v) is 19.7. The Morgan fingerprint density at radius 2 is 1.91 bits per heavy atom. The predicted octanol–water partition coefficient (Wildman–Crippen LogP) is 5.27. The highest BCUT2D eigenvalue weighted by atomic mass is 32.1. The Hall–Kier alpha value is -4.53. The van der Waals surface area contributed by atoms with Gasteiger partial charge in [0, 0.05) is 78.6 Å². The second kappa shape index (κ2) is 13.3. The number of benzene rings is 2. The maximum atomic E-state index is 17.7. The van der Waals surface area contributed by atoms with Gasteiger partial charge < -0.3 is 29.8 Å². The van der Waals surface area contributed by atoms with E-state index in [1.165, 1.54) is 6.07 Å². The monoisotopic (exact) mass is 771 g/mol. The zero-order valence-corrected chi connectivity index (χ0v) is 30.9. The fourth-order valence-electron chi connectivity index (χ4n) is 10.1. The van der Waals surface area contributed by atoms with Gasteiger partial charge in [-0.05, 0) is 55.5 Å². The van der Waals surface area contributed by atoms with Gasteiger partial charge in [-0.25, -0.2) is 18.2 Å². The van der Waals surface area contributed by atoms with Gasteiger partial charge in [-0.1, -0.05) is 0 Å². The van der Waals surface area contributed by atoms with Crippen LogP contribution < -0.4 is 15.4 Å². The number of nitrogens with two attached hydrogens (primary N) is 1. The number of nitrogen functional groups attached to an aromatic ring is 1. The highest BCUT2D eigenvalue weighted by molar-refractivity contribution is 7.23. The van der Waals surface area contributed by atoms with Crippen molar-refractivity contribution in [3.63, 3.8) is 0 Å². The van der Waals surface area contributed by atoms with E-state index in [2.05, 4.69) is 25.8 Å². The number of anilines is 2. The molecule has 10 rings (SSSR count). The van der Waals surface area contributed by atoms with Crippen molar-refractivity contribution in [2.75, 3.05) is 50.0 Å². The fourth-order valence-corrected chi connectivity index (χ4v) is 11.0. The number of alkyl halides is 1. The Bertz CT molecular complexity index is 2390. The molecule has 286 valence electrons. The van der Waals surface area contributed by atoms with Crippen LogP contribution >= 0.6 is 11.3 Å². The van der Waals surface area contributed by atoms with E-state index in [1.54, 1.807) is 12.4 Å². The summed E-state index contributed by atoms with van der Waals surface area (Å²) in [7, 11) is 0. The molecule has 0 radical (unpaired) electrons. The number of imidazole rings is 1. The summed E-state index contributed by atoms with van der Waals surface area (Å²) in [5, 5.41) is 20.4. The molecule has 12 nitrogen and oxygen atoms in total. The van der Waals surface area contributed by atoms with E-state index in [0.717, 1.165) is 62.3 Å². The van der Waals surface area contributed by atoms with Gasteiger partial charge in [0.25, 0.3) is 0 Å². The summed E-state index contributed by atoms with van der Waals surface area (Å²) in [5.74, 6) is -0.876. The number of fused-ring (bicyclic) bond motifs is 7. The first-order valence-electron chi connectivity index (χ1n) is 18.9. The highest BCUT2D eigenvalue weighted by Crippen LogP contribution is 2.49.